The Kier molecular flexibility index (Phi) is 6.48. The molecule has 0 N–H and O–H groups in total. The molecule has 0 radical (unpaired) electrons. The van der Waals surface area contributed by atoms with Gasteiger partial charge < -0.3 is 14.4 Å². The van der Waals surface area contributed by atoms with E-state index in [-0.39, 0.29) is 17.0 Å². The lowest BCUT2D eigenvalue weighted by Gasteiger charge is -2.24. The molecule has 1 atom stereocenters. The summed E-state index contributed by atoms with van der Waals surface area (Å²) >= 11 is 0. The van der Waals surface area contributed by atoms with Gasteiger partial charge in [0.2, 0.25) is 0 Å². The van der Waals surface area contributed by atoms with Crippen LogP contribution in [0.1, 0.15) is 24.2 Å². The third-order valence-corrected chi connectivity index (χ3v) is 3.90. The summed E-state index contributed by atoms with van der Waals surface area (Å²) in [6.07, 6.45) is -1.08. The number of para-hydroxylation sites is 1. The van der Waals surface area contributed by atoms with Crippen LogP contribution in [0.5, 0.6) is 5.75 Å². The summed E-state index contributed by atoms with van der Waals surface area (Å²) in [5.74, 6) is -1.15. The normalized spacial score (nSPS) is 11.4. The number of carbonyl (C=O) groups is 2. The van der Waals surface area contributed by atoms with E-state index >= 15 is 0 Å². The Morgan fingerprint density at radius 3 is 2.41 bits per heavy atom. The number of nitro groups is 1. The van der Waals surface area contributed by atoms with Crippen molar-refractivity contribution in [3.63, 3.8) is 0 Å². The molecule has 0 heterocycles. The van der Waals surface area contributed by atoms with E-state index in [4.69, 9.17) is 9.47 Å². The van der Waals surface area contributed by atoms with Gasteiger partial charge in [0.15, 0.2) is 6.10 Å². The number of nitro benzene ring substituents is 1. The van der Waals surface area contributed by atoms with Gasteiger partial charge in [-0.2, -0.15) is 0 Å². The van der Waals surface area contributed by atoms with Crippen molar-refractivity contribution >= 4 is 23.3 Å². The highest BCUT2D eigenvalue weighted by molar-refractivity contribution is 5.99. The Bertz CT molecular complexity index is 837. The van der Waals surface area contributed by atoms with Gasteiger partial charge in [-0.1, -0.05) is 18.2 Å². The van der Waals surface area contributed by atoms with E-state index < -0.39 is 22.9 Å². The van der Waals surface area contributed by atoms with Crippen LogP contribution in [-0.2, 0) is 9.53 Å². The highest BCUT2D eigenvalue weighted by atomic mass is 16.6. The fourth-order valence-electron chi connectivity index (χ4n) is 2.54. The van der Waals surface area contributed by atoms with Crippen LogP contribution in [0.3, 0.4) is 0 Å². The highest BCUT2D eigenvalue weighted by Crippen LogP contribution is 2.25. The molecule has 0 aliphatic carbocycles. The number of benzene rings is 2. The van der Waals surface area contributed by atoms with E-state index in [0.29, 0.717) is 12.2 Å². The van der Waals surface area contributed by atoms with Crippen LogP contribution in [0, 0.1) is 10.1 Å². The Morgan fingerprint density at radius 2 is 1.85 bits per heavy atom. The predicted molar refractivity (Wildman–Crippen MR) is 99.0 cm³/mol. The zero-order chi connectivity index (χ0) is 20.0. The summed E-state index contributed by atoms with van der Waals surface area (Å²) in [6, 6.07) is 12.6. The highest BCUT2D eigenvalue weighted by Gasteiger charge is 2.27. The first-order valence-electron chi connectivity index (χ1n) is 8.28. The molecule has 0 unspecified atom stereocenters. The Hall–Kier alpha value is -3.42. The minimum absolute atomic E-state index is 0.117. The Morgan fingerprint density at radius 1 is 1.19 bits per heavy atom. The summed E-state index contributed by atoms with van der Waals surface area (Å²) in [5.41, 5.74) is 0.288. The number of nitrogens with zero attached hydrogens (tertiary/aromatic N) is 2. The van der Waals surface area contributed by atoms with E-state index in [2.05, 4.69) is 0 Å². The van der Waals surface area contributed by atoms with Gasteiger partial charge in [-0.3, -0.25) is 14.9 Å². The molecule has 0 saturated heterocycles. The molecule has 0 saturated carbocycles. The minimum Gasteiger partial charge on any atom is -0.496 e. The van der Waals surface area contributed by atoms with Crippen molar-refractivity contribution in [3.8, 4) is 5.75 Å². The number of ether oxygens (including phenoxy) is 2. The molecule has 0 fully saturated rings. The van der Waals surface area contributed by atoms with Crippen molar-refractivity contribution in [1.82, 2.24) is 0 Å². The van der Waals surface area contributed by atoms with Crippen LogP contribution in [0.25, 0.3) is 0 Å². The Balaban J connectivity index is 2.20. The molecule has 142 valence electrons. The number of likely N-dealkylation sites (N-methyl/N-ethyl adjacent to an activating group) is 1. The molecule has 2 aromatic rings. The SMILES string of the molecule is CCN(C(=O)[C@H](C)OC(=O)c1cc([N+](=O)[O-])ccc1OC)c1ccccc1. The van der Waals surface area contributed by atoms with Gasteiger partial charge >= 0.3 is 5.97 Å². The summed E-state index contributed by atoms with van der Waals surface area (Å²) in [4.78, 5) is 37.0. The molecular formula is C19H20N2O6. The molecule has 27 heavy (non-hydrogen) atoms. The number of hydrogen-bond donors (Lipinski definition) is 0. The molecule has 8 heteroatoms. The second-order valence-electron chi connectivity index (χ2n) is 5.61. The van der Waals surface area contributed by atoms with Gasteiger partial charge in [0.1, 0.15) is 11.3 Å². The van der Waals surface area contributed by atoms with E-state index in [1.54, 1.807) is 24.3 Å². The molecule has 1 amide bonds. The minimum atomic E-state index is -1.08. The molecule has 0 bridgehead atoms. The van der Waals surface area contributed by atoms with Gasteiger partial charge in [-0.25, -0.2) is 4.79 Å². The monoisotopic (exact) mass is 372 g/mol. The smallest absolute Gasteiger partial charge is 0.342 e. The lowest BCUT2D eigenvalue weighted by Crippen LogP contribution is -2.40. The molecular weight excluding hydrogens is 352 g/mol. The van der Waals surface area contributed by atoms with Crippen LogP contribution < -0.4 is 9.64 Å². The van der Waals surface area contributed by atoms with Crippen molar-refractivity contribution in [3.05, 3.63) is 64.2 Å². The topological polar surface area (TPSA) is 99.0 Å². The first-order chi connectivity index (χ1) is 12.9. The van der Waals surface area contributed by atoms with E-state index in [0.717, 1.165) is 6.07 Å². The maximum atomic E-state index is 12.7. The zero-order valence-electron chi connectivity index (χ0n) is 15.2. The second kappa shape index (κ2) is 8.79. The van der Waals surface area contributed by atoms with Crippen molar-refractivity contribution in [2.45, 2.75) is 20.0 Å². The predicted octanol–water partition coefficient (Wildman–Crippen LogP) is 3.20. The number of rotatable bonds is 7. The number of carbonyl (C=O) groups excluding carboxylic acids is 2. The van der Waals surface area contributed by atoms with Crippen molar-refractivity contribution in [2.75, 3.05) is 18.6 Å². The number of esters is 1. The maximum absolute atomic E-state index is 12.7. The fourth-order valence-corrected chi connectivity index (χ4v) is 2.54. The number of amides is 1. The number of hydrogen-bond acceptors (Lipinski definition) is 6. The maximum Gasteiger partial charge on any atom is 0.342 e. The fraction of sp³-hybridized carbons (Fsp3) is 0.263. The van der Waals surface area contributed by atoms with E-state index in [1.165, 1.54) is 31.1 Å². The standard InChI is InChI=1S/C19H20N2O6/c1-4-20(14-8-6-5-7-9-14)18(22)13(2)27-19(23)16-12-15(21(24)25)10-11-17(16)26-3/h5-13H,4H2,1-3H3/t13-/m0/s1. The van der Waals surface area contributed by atoms with Crippen molar-refractivity contribution in [1.29, 1.82) is 0 Å². The average molecular weight is 372 g/mol. The van der Waals surface area contributed by atoms with Gasteiger partial charge in [0.05, 0.1) is 12.0 Å². The third-order valence-electron chi connectivity index (χ3n) is 3.90. The molecule has 2 aromatic carbocycles. The van der Waals surface area contributed by atoms with Crippen molar-refractivity contribution in [2.24, 2.45) is 0 Å². The number of non-ortho nitro benzene ring substituents is 1. The first-order valence-corrected chi connectivity index (χ1v) is 8.28. The van der Waals surface area contributed by atoms with Crippen LogP contribution in [-0.4, -0.2) is 36.6 Å². The summed E-state index contributed by atoms with van der Waals surface area (Å²) in [7, 11) is 1.33. The van der Waals surface area contributed by atoms with Gasteiger partial charge in [-0.05, 0) is 32.0 Å². The van der Waals surface area contributed by atoms with Crippen LogP contribution in [0.15, 0.2) is 48.5 Å². The molecule has 8 nitrogen and oxygen atoms in total. The van der Waals surface area contributed by atoms with E-state index in [9.17, 15) is 19.7 Å². The summed E-state index contributed by atoms with van der Waals surface area (Å²) < 4.78 is 10.3. The lowest BCUT2D eigenvalue weighted by atomic mass is 10.1. The molecule has 2 rings (SSSR count). The summed E-state index contributed by atoms with van der Waals surface area (Å²) in [6.45, 7) is 3.66. The third kappa shape index (κ3) is 4.60. The molecule has 0 aliphatic rings. The largest absolute Gasteiger partial charge is 0.496 e. The summed E-state index contributed by atoms with van der Waals surface area (Å²) in [5, 5.41) is 10.9. The molecule has 0 aromatic heterocycles. The van der Waals surface area contributed by atoms with Crippen molar-refractivity contribution < 1.29 is 24.0 Å². The van der Waals surface area contributed by atoms with E-state index in [1.807, 2.05) is 13.0 Å². The first kappa shape index (κ1) is 19.9. The molecule has 0 spiro atoms. The average Bonchev–Trinajstić information content (AvgIpc) is 2.68. The molecule has 0 aliphatic heterocycles. The number of anilines is 1. The van der Waals surface area contributed by atoms with Gasteiger partial charge in [-0.15, -0.1) is 0 Å². The van der Waals surface area contributed by atoms with Crippen LogP contribution in [0.4, 0.5) is 11.4 Å². The second-order valence-corrected chi connectivity index (χ2v) is 5.61. The van der Waals surface area contributed by atoms with Crippen LogP contribution >= 0.6 is 0 Å². The quantitative estimate of drug-likeness (QED) is 0.420. The zero-order valence-corrected chi connectivity index (χ0v) is 15.2. The van der Waals surface area contributed by atoms with Crippen LogP contribution in [0.2, 0.25) is 0 Å². The Labute approximate surface area is 156 Å². The van der Waals surface area contributed by atoms with Gasteiger partial charge in [0.25, 0.3) is 11.6 Å². The van der Waals surface area contributed by atoms with Gasteiger partial charge in [0, 0.05) is 24.4 Å². The lowest BCUT2D eigenvalue weighted by molar-refractivity contribution is -0.384. The number of methoxy groups -OCH3 is 1.